The number of rotatable bonds is 7. The van der Waals surface area contributed by atoms with Crippen LogP contribution >= 0.6 is 0 Å². The number of carbonyl (C=O) groups excluding carboxylic acids is 1. The second-order valence-electron chi connectivity index (χ2n) is 7.64. The number of fused-ring (bicyclic) bond motifs is 1. The molecule has 0 saturated heterocycles. The molecule has 28 heavy (non-hydrogen) atoms. The van der Waals surface area contributed by atoms with Crippen molar-refractivity contribution in [2.45, 2.75) is 39.2 Å². The van der Waals surface area contributed by atoms with Gasteiger partial charge in [0, 0.05) is 24.5 Å². The Labute approximate surface area is 168 Å². The van der Waals surface area contributed by atoms with Crippen LogP contribution in [0.3, 0.4) is 0 Å². The number of hydrogen-bond acceptors (Lipinski definition) is 2. The lowest BCUT2D eigenvalue weighted by molar-refractivity contribution is 0.0941. The Hall–Kier alpha value is -2.65. The van der Waals surface area contributed by atoms with E-state index in [2.05, 4.69) is 80.5 Å². The summed E-state index contributed by atoms with van der Waals surface area (Å²) in [6, 6.07) is 17.3. The number of benzene rings is 2. The molecule has 3 heteroatoms. The number of allylic oxidation sites excluding steroid dienone is 1. The molecule has 0 spiro atoms. The average molecular weight is 375 g/mol. The smallest absolute Gasteiger partial charge is 0.227 e. The van der Waals surface area contributed by atoms with Crippen molar-refractivity contribution in [2.75, 3.05) is 14.1 Å². The zero-order valence-corrected chi connectivity index (χ0v) is 17.4. The van der Waals surface area contributed by atoms with Crippen molar-refractivity contribution in [3.05, 3.63) is 77.5 Å². The van der Waals surface area contributed by atoms with Crippen LogP contribution in [0.1, 0.15) is 41.8 Å². The van der Waals surface area contributed by atoms with Crippen molar-refractivity contribution in [1.29, 1.82) is 0 Å². The number of likely N-dealkylation sites (N-methyl/N-ethyl adjacent to an activating group) is 1. The van der Waals surface area contributed by atoms with Crippen molar-refractivity contribution in [3.8, 4) is 0 Å². The molecule has 1 aromatic heterocycles. The molecule has 3 aromatic rings. The van der Waals surface area contributed by atoms with Crippen LogP contribution in [-0.2, 0) is 12.8 Å². The highest BCUT2D eigenvalue weighted by atomic mass is 16.1. The summed E-state index contributed by atoms with van der Waals surface area (Å²) >= 11 is 0. The summed E-state index contributed by atoms with van der Waals surface area (Å²) in [6.45, 7) is 3.84. The van der Waals surface area contributed by atoms with Crippen molar-refractivity contribution >= 4 is 22.9 Å². The molecule has 146 valence electrons. The Morgan fingerprint density at radius 1 is 1.14 bits per heavy atom. The molecule has 0 saturated carbocycles. The molecule has 2 aromatic carbocycles. The molecule has 0 aliphatic heterocycles. The summed E-state index contributed by atoms with van der Waals surface area (Å²) in [5, 5.41) is 1.18. The zero-order chi connectivity index (χ0) is 20.1. The van der Waals surface area contributed by atoms with E-state index in [4.69, 9.17) is 0 Å². The topological polar surface area (TPSA) is 25.2 Å². The second-order valence-corrected chi connectivity index (χ2v) is 7.64. The highest BCUT2D eigenvalue weighted by Gasteiger charge is 2.16. The van der Waals surface area contributed by atoms with E-state index in [9.17, 15) is 4.79 Å². The highest BCUT2D eigenvalue weighted by molar-refractivity contribution is 5.94. The quantitative estimate of drug-likeness (QED) is 0.550. The maximum absolute atomic E-state index is 12.1. The van der Waals surface area contributed by atoms with Crippen LogP contribution in [0.2, 0.25) is 0 Å². The molecule has 0 radical (unpaired) electrons. The molecule has 0 aliphatic rings. The van der Waals surface area contributed by atoms with E-state index in [-0.39, 0.29) is 5.91 Å². The molecule has 0 bridgehead atoms. The van der Waals surface area contributed by atoms with Gasteiger partial charge in [-0.3, -0.25) is 9.36 Å². The Bertz CT molecular complexity index is 967. The summed E-state index contributed by atoms with van der Waals surface area (Å²) in [5.41, 5.74) is 4.71. The summed E-state index contributed by atoms with van der Waals surface area (Å²) in [4.78, 5) is 14.4. The van der Waals surface area contributed by atoms with Crippen molar-refractivity contribution in [2.24, 2.45) is 0 Å². The first-order valence-corrected chi connectivity index (χ1v) is 10.0. The molecule has 0 unspecified atom stereocenters. The SMILES string of the molecule is CC[C@H](Cc1cn(C(C)=O)c2ccc(/C=C/Cc3ccccc3)cc12)N(C)C. The predicted molar refractivity (Wildman–Crippen MR) is 119 cm³/mol. The number of hydrogen-bond donors (Lipinski definition) is 0. The summed E-state index contributed by atoms with van der Waals surface area (Å²) in [6.07, 6.45) is 9.33. The lowest BCUT2D eigenvalue weighted by Crippen LogP contribution is -2.29. The third-order valence-electron chi connectivity index (χ3n) is 5.41. The van der Waals surface area contributed by atoms with Gasteiger partial charge in [0.25, 0.3) is 0 Å². The van der Waals surface area contributed by atoms with Gasteiger partial charge in [0.15, 0.2) is 0 Å². The molecular formula is C25H30N2O. The van der Waals surface area contributed by atoms with Crippen molar-refractivity contribution < 1.29 is 4.79 Å². The molecular weight excluding hydrogens is 344 g/mol. The van der Waals surface area contributed by atoms with E-state index >= 15 is 0 Å². The largest absolute Gasteiger partial charge is 0.306 e. The number of nitrogens with zero attached hydrogens (tertiary/aromatic N) is 2. The molecule has 0 amide bonds. The van der Waals surface area contributed by atoms with Gasteiger partial charge in [0.05, 0.1) is 5.52 Å². The number of aromatic nitrogens is 1. The Kier molecular flexibility index (Phi) is 6.48. The lowest BCUT2D eigenvalue weighted by atomic mass is 10.0. The third-order valence-corrected chi connectivity index (χ3v) is 5.41. The van der Waals surface area contributed by atoms with E-state index in [1.165, 1.54) is 22.1 Å². The van der Waals surface area contributed by atoms with Crippen LogP contribution in [0.15, 0.2) is 60.8 Å². The molecule has 0 fully saturated rings. The van der Waals surface area contributed by atoms with E-state index < -0.39 is 0 Å². The summed E-state index contributed by atoms with van der Waals surface area (Å²) in [7, 11) is 4.24. The van der Waals surface area contributed by atoms with E-state index in [0.29, 0.717) is 6.04 Å². The minimum absolute atomic E-state index is 0.0570. The van der Waals surface area contributed by atoms with Gasteiger partial charge >= 0.3 is 0 Å². The molecule has 3 rings (SSSR count). The van der Waals surface area contributed by atoms with E-state index in [1.54, 1.807) is 11.5 Å². The zero-order valence-electron chi connectivity index (χ0n) is 17.4. The van der Waals surface area contributed by atoms with Gasteiger partial charge in [-0.15, -0.1) is 0 Å². The van der Waals surface area contributed by atoms with Crippen LogP contribution in [0, 0.1) is 0 Å². The summed E-state index contributed by atoms with van der Waals surface area (Å²) in [5.74, 6) is 0.0570. The molecule has 0 N–H and O–H groups in total. The Morgan fingerprint density at radius 2 is 1.89 bits per heavy atom. The minimum atomic E-state index is 0.0570. The Morgan fingerprint density at radius 3 is 2.54 bits per heavy atom. The normalized spacial score (nSPS) is 12.9. The summed E-state index contributed by atoms with van der Waals surface area (Å²) < 4.78 is 1.78. The first-order chi connectivity index (χ1) is 13.5. The van der Waals surface area contributed by atoms with Crippen LogP contribution in [-0.4, -0.2) is 35.5 Å². The monoisotopic (exact) mass is 374 g/mol. The van der Waals surface area contributed by atoms with Gasteiger partial charge < -0.3 is 4.90 Å². The van der Waals surface area contributed by atoms with Gasteiger partial charge in [-0.05, 0) is 62.2 Å². The molecule has 0 aliphatic carbocycles. The molecule has 3 nitrogen and oxygen atoms in total. The maximum atomic E-state index is 12.1. The Balaban J connectivity index is 1.92. The van der Waals surface area contributed by atoms with Gasteiger partial charge in [-0.1, -0.05) is 55.5 Å². The second kappa shape index (κ2) is 9.03. The minimum Gasteiger partial charge on any atom is -0.306 e. The van der Waals surface area contributed by atoms with E-state index in [1.807, 2.05) is 12.3 Å². The molecule has 1 heterocycles. The lowest BCUT2D eigenvalue weighted by Gasteiger charge is -2.22. The predicted octanol–water partition coefficient (Wildman–Crippen LogP) is 5.44. The fourth-order valence-corrected chi connectivity index (χ4v) is 3.73. The van der Waals surface area contributed by atoms with Crippen LogP contribution in [0.25, 0.3) is 17.0 Å². The third kappa shape index (κ3) is 4.60. The van der Waals surface area contributed by atoms with Gasteiger partial charge in [0.2, 0.25) is 5.91 Å². The molecule has 1 atom stereocenters. The highest BCUT2D eigenvalue weighted by Crippen LogP contribution is 2.26. The van der Waals surface area contributed by atoms with E-state index in [0.717, 1.165) is 24.8 Å². The van der Waals surface area contributed by atoms with Crippen LogP contribution < -0.4 is 0 Å². The average Bonchev–Trinajstić information content (AvgIpc) is 3.05. The fourth-order valence-electron chi connectivity index (χ4n) is 3.73. The standard InChI is InChI=1S/C25H30N2O/c1-5-23(26(3)4)17-22-18-27(19(2)28)25-15-14-21(16-24(22)25)13-9-12-20-10-7-6-8-11-20/h6-11,13-16,18,23H,5,12,17H2,1-4H3/b13-9+/t23-/m1/s1. The van der Waals surface area contributed by atoms with Gasteiger partial charge in [-0.25, -0.2) is 0 Å². The van der Waals surface area contributed by atoms with Crippen LogP contribution in [0.5, 0.6) is 0 Å². The first kappa shape index (κ1) is 20.1. The number of carbonyl (C=O) groups is 1. The first-order valence-electron chi connectivity index (χ1n) is 10.0. The van der Waals surface area contributed by atoms with Crippen molar-refractivity contribution in [3.63, 3.8) is 0 Å². The van der Waals surface area contributed by atoms with Gasteiger partial charge in [-0.2, -0.15) is 0 Å². The van der Waals surface area contributed by atoms with Gasteiger partial charge in [0.1, 0.15) is 0 Å². The maximum Gasteiger partial charge on any atom is 0.227 e. The fraction of sp³-hybridized carbons (Fsp3) is 0.320. The van der Waals surface area contributed by atoms with Crippen LogP contribution in [0.4, 0.5) is 0 Å². The van der Waals surface area contributed by atoms with Crippen molar-refractivity contribution in [1.82, 2.24) is 9.47 Å².